The molecule has 2 heterocycles. The number of esters is 1. The number of halogens is 4. The number of pyridine rings is 1. The lowest BCUT2D eigenvalue weighted by molar-refractivity contribution is -0.143. The highest BCUT2D eigenvalue weighted by Crippen LogP contribution is 2.39. The second-order valence-corrected chi connectivity index (χ2v) is 9.94. The fraction of sp³-hybridized carbons (Fsp3) is 0.345. The van der Waals surface area contributed by atoms with Crippen LogP contribution in [0.1, 0.15) is 58.2 Å². The largest absolute Gasteiger partial charge is 0.467 e. The van der Waals surface area contributed by atoms with Crippen LogP contribution in [-0.2, 0) is 35.2 Å². The van der Waals surface area contributed by atoms with E-state index < -0.39 is 35.5 Å². The van der Waals surface area contributed by atoms with Crippen LogP contribution in [0.2, 0.25) is 0 Å². The minimum Gasteiger partial charge on any atom is -0.467 e. The molecule has 206 valence electrons. The standard InChI is InChI=1S/C29H29F4N3O3/c1-17(2)26-25-21(16-36(26)15-19-4-8-22(9-5-19)29(31,32)33)13-20(14-34-25)27(37)35-24(28(38)39-3)12-18-6-10-23(30)11-7-18/h4-11,13-14,17,24,26H,12,15-16H2,1-3H3,(H,35,37). The Morgan fingerprint density at radius 1 is 1.08 bits per heavy atom. The first-order valence-corrected chi connectivity index (χ1v) is 12.5. The van der Waals surface area contributed by atoms with Crippen LogP contribution in [0.25, 0.3) is 0 Å². The Balaban J connectivity index is 1.50. The molecule has 0 fully saturated rings. The van der Waals surface area contributed by atoms with Crippen LogP contribution in [0.5, 0.6) is 0 Å². The zero-order valence-corrected chi connectivity index (χ0v) is 21.8. The zero-order valence-electron chi connectivity index (χ0n) is 21.8. The van der Waals surface area contributed by atoms with Crippen LogP contribution in [0.15, 0.2) is 60.8 Å². The minimum absolute atomic E-state index is 0.0827. The van der Waals surface area contributed by atoms with Gasteiger partial charge in [0, 0.05) is 25.7 Å². The summed E-state index contributed by atoms with van der Waals surface area (Å²) in [5.74, 6) is -1.39. The summed E-state index contributed by atoms with van der Waals surface area (Å²) >= 11 is 0. The molecular weight excluding hydrogens is 514 g/mol. The molecule has 6 nitrogen and oxygen atoms in total. The third-order valence-corrected chi connectivity index (χ3v) is 6.75. The molecule has 10 heteroatoms. The molecule has 1 aliphatic heterocycles. The van der Waals surface area contributed by atoms with Crippen molar-refractivity contribution in [3.05, 3.63) is 100 Å². The number of hydrogen-bond donors (Lipinski definition) is 1. The maximum Gasteiger partial charge on any atom is 0.416 e. The molecule has 0 saturated heterocycles. The fourth-order valence-electron chi connectivity index (χ4n) is 4.89. The summed E-state index contributed by atoms with van der Waals surface area (Å²) in [4.78, 5) is 32.1. The van der Waals surface area contributed by atoms with Gasteiger partial charge in [-0.2, -0.15) is 13.2 Å². The molecule has 0 aliphatic carbocycles. The first-order valence-electron chi connectivity index (χ1n) is 12.5. The highest BCUT2D eigenvalue weighted by atomic mass is 19.4. The quantitative estimate of drug-likeness (QED) is 0.302. The normalized spacial score (nSPS) is 16.2. The van der Waals surface area contributed by atoms with Gasteiger partial charge in [0.15, 0.2) is 0 Å². The summed E-state index contributed by atoms with van der Waals surface area (Å²) in [6, 6.07) is 11.4. The Hall–Kier alpha value is -3.79. The number of carbonyl (C=O) groups is 2. The van der Waals surface area contributed by atoms with E-state index in [1.165, 1.54) is 49.7 Å². The average molecular weight is 544 g/mol. The third kappa shape index (κ3) is 6.62. The second-order valence-electron chi connectivity index (χ2n) is 9.94. The number of alkyl halides is 3. The summed E-state index contributed by atoms with van der Waals surface area (Å²) in [6.45, 7) is 4.96. The number of nitrogens with one attached hydrogen (secondary N) is 1. The van der Waals surface area contributed by atoms with Gasteiger partial charge in [-0.05, 0) is 52.9 Å². The number of nitrogens with zero attached hydrogens (tertiary/aromatic N) is 2. The van der Waals surface area contributed by atoms with Crippen LogP contribution in [0.3, 0.4) is 0 Å². The van der Waals surface area contributed by atoms with E-state index in [0.29, 0.717) is 18.7 Å². The van der Waals surface area contributed by atoms with Gasteiger partial charge < -0.3 is 10.1 Å². The topological polar surface area (TPSA) is 71.5 Å². The van der Waals surface area contributed by atoms with Crippen LogP contribution >= 0.6 is 0 Å². The fourth-order valence-corrected chi connectivity index (χ4v) is 4.89. The molecule has 2 unspecified atom stereocenters. The van der Waals surface area contributed by atoms with E-state index in [9.17, 15) is 27.2 Å². The monoisotopic (exact) mass is 543 g/mol. The van der Waals surface area contributed by atoms with Crippen molar-refractivity contribution in [1.82, 2.24) is 15.2 Å². The van der Waals surface area contributed by atoms with Gasteiger partial charge in [0.05, 0.1) is 30.0 Å². The predicted octanol–water partition coefficient (Wildman–Crippen LogP) is 5.47. The van der Waals surface area contributed by atoms with E-state index in [4.69, 9.17) is 4.74 Å². The van der Waals surface area contributed by atoms with Crippen molar-refractivity contribution in [2.24, 2.45) is 5.92 Å². The molecule has 1 aromatic heterocycles. The number of methoxy groups -OCH3 is 1. The molecule has 0 radical (unpaired) electrons. The summed E-state index contributed by atoms with van der Waals surface area (Å²) < 4.78 is 57.0. The van der Waals surface area contributed by atoms with Gasteiger partial charge in [0.2, 0.25) is 0 Å². The molecule has 39 heavy (non-hydrogen) atoms. The lowest BCUT2D eigenvalue weighted by atomic mass is 9.99. The summed E-state index contributed by atoms with van der Waals surface area (Å²) in [7, 11) is 1.22. The number of ether oxygens (including phenoxy) is 1. The molecule has 3 aromatic rings. The van der Waals surface area contributed by atoms with Crippen molar-refractivity contribution in [2.45, 2.75) is 51.6 Å². The Bertz CT molecular complexity index is 1330. The van der Waals surface area contributed by atoms with Gasteiger partial charge in [-0.25, -0.2) is 9.18 Å². The number of carbonyl (C=O) groups excluding carboxylic acids is 2. The molecule has 1 amide bonds. The van der Waals surface area contributed by atoms with Gasteiger partial charge in [-0.1, -0.05) is 38.1 Å². The van der Waals surface area contributed by atoms with Crippen molar-refractivity contribution < 1.29 is 31.9 Å². The summed E-state index contributed by atoms with van der Waals surface area (Å²) in [6.07, 6.45) is -2.82. The van der Waals surface area contributed by atoms with Crippen molar-refractivity contribution in [2.75, 3.05) is 7.11 Å². The molecule has 4 rings (SSSR count). The van der Waals surface area contributed by atoms with E-state index in [-0.39, 0.29) is 23.9 Å². The van der Waals surface area contributed by atoms with Crippen molar-refractivity contribution in [3.8, 4) is 0 Å². The molecule has 0 bridgehead atoms. The van der Waals surface area contributed by atoms with Gasteiger partial charge in [-0.15, -0.1) is 0 Å². The molecule has 1 N–H and O–H groups in total. The Morgan fingerprint density at radius 2 is 1.72 bits per heavy atom. The maximum absolute atomic E-state index is 13.3. The minimum atomic E-state index is -4.39. The maximum atomic E-state index is 13.3. The van der Waals surface area contributed by atoms with Crippen LogP contribution in [0, 0.1) is 11.7 Å². The number of hydrogen-bond acceptors (Lipinski definition) is 5. The van der Waals surface area contributed by atoms with Crippen LogP contribution in [0.4, 0.5) is 17.6 Å². The van der Waals surface area contributed by atoms with Gasteiger partial charge in [0.1, 0.15) is 11.9 Å². The first-order chi connectivity index (χ1) is 18.5. The number of amides is 1. The van der Waals surface area contributed by atoms with Crippen molar-refractivity contribution in [1.29, 1.82) is 0 Å². The predicted molar refractivity (Wildman–Crippen MR) is 136 cm³/mol. The molecule has 2 aromatic carbocycles. The van der Waals surface area contributed by atoms with E-state index in [2.05, 4.69) is 15.2 Å². The molecule has 2 atom stereocenters. The Morgan fingerprint density at radius 3 is 2.31 bits per heavy atom. The Labute approximate surface area is 224 Å². The smallest absolute Gasteiger partial charge is 0.416 e. The third-order valence-electron chi connectivity index (χ3n) is 6.75. The van der Waals surface area contributed by atoms with Crippen LogP contribution in [-0.4, -0.2) is 34.9 Å². The number of benzene rings is 2. The number of aromatic nitrogens is 1. The summed E-state index contributed by atoms with van der Waals surface area (Å²) in [5, 5.41) is 2.69. The van der Waals surface area contributed by atoms with Gasteiger partial charge >= 0.3 is 12.1 Å². The highest BCUT2D eigenvalue weighted by molar-refractivity contribution is 5.96. The lowest BCUT2D eigenvalue weighted by Crippen LogP contribution is -2.43. The SMILES string of the molecule is COC(=O)C(Cc1ccc(F)cc1)NC(=O)c1cnc2c(c1)CN(Cc1ccc(C(F)(F)F)cc1)C2C(C)C. The van der Waals surface area contributed by atoms with E-state index in [1.807, 2.05) is 13.8 Å². The molecule has 0 saturated carbocycles. The number of fused-ring (bicyclic) bond motifs is 1. The lowest BCUT2D eigenvalue weighted by Gasteiger charge is -2.27. The number of rotatable bonds is 8. The molecule has 0 spiro atoms. The summed E-state index contributed by atoms with van der Waals surface area (Å²) in [5.41, 5.74) is 2.60. The highest BCUT2D eigenvalue weighted by Gasteiger charge is 2.35. The van der Waals surface area contributed by atoms with E-state index in [1.54, 1.807) is 6.07 Å². The van der Waals surface area contributed by atoms with Crippen molar-refractivity contribution in [3.63, 3.8) is 0 Å². The van der Waals surface area contributed by atoms with Crippen LogP contribution < -0.4 is 5.32 Å². The average Bonchev–Trinajstić information content (AvgIpc) is 3.26. The molecule has 1 aliphatic rings. The van der Waals surface area contributed by atoms with E-state index >= 15 is 0 Å². The van der Waals surface area contributed by atoms with Gasteiger partial charge in [-0.3, -0.25) is 14.7 Å². The van der Waals surface area contributed by atoms with E-state index in [0.717, 1.165) is 29.0 Å². The molecular formula is C29H29F4N3O3. The van der Waals surface area contributed by atoms with Gasteiger partial charge in [0.25, 0.3) is 5.91 Å². The zero-order chi connectivity index (χ0) is 28.3. The Kier molecular flexibility index (Phi) is 8.34. The van der Waals surface area contributed by atoms with Crippen molar-refractivity contribution >= 4 is 11.9 Å². The first kappa shape index (κ1) is 28.2. The second kappa shape index (κ2) is 11.5.